The molecule has 0 aliphatic heterocycles. The van der Waals surface area contributed by atoms with E-state index in [1.54, 1.807) is 12.1 Å². The van der Waals surface area contributed by atoms with Gasteiger partial charge in [-0.05, 0) is 36.5 Å². The van der Waals surface area contributed by atoms with Gasteiger partial charge in [-0.2, -0.15) is 0 Å². The molecule has 2 aromatic rings. The number of benzene rings is 1. The number of hydrogen-bond acceptors (Lipinski definition) is 4. The van der Waals surface area contributed by atoms with Gasteiger partial charge in [-0.3, -0.25) is 0 Å². The number of nitrogens with zero attached hydrogens (tertiary/aromatic N) is 2. The van der Waals surface area contributed by atoms with Gasteiger partial charge in [-0.15, -0.1) is 5.10 Å². The largest absolute Gasteiger partial charge is 0.323 e. The van der Waals surface area contributed by atoms with E-state index in [1.807, 2.05) is 6.92 Å². The Hall–Kier alpha value is -1.04. The molecule has 0 saturated carbocycles. The van der Waals surface area contributed by atoms with Gasteiger partial charge in [0.1, 0.15) is 5.82 Å². The molecule has 1 aromatic carbocycles. The standard InChI is InChI=1S/C11H11ClFN3S/c1-6-11(17-16-15-6)9(14)5-7-3-2-4-8(12)10(7)13/h2-4,9H,5,14H2,1H3. The van der Waals surface area contributed by atoms with Crippen LogP contribution in [0.5, 0.6) is 0 Å². The number of aromatic nitrogens is 2. The molecule has 0 amide bonds. The minimum Gasteiger partial charge on any atom is -0.323 e. The number of aryl methyl sites for hydroxylation is 1. The molecular formula is C11H11ClFN3S. The van der Waals surface area contributed by atoms with Crippen LogP contribution in [0.3, 0.4) is 0 Å². The summed E-state index contributed by atoms with van der Waals surface area (Å²) in [4.78, 5) is 0.879. The summed E-state index contributed by atoms with van der Waals surface area (Å²) in [6.07, 6.45) is 0.386. The highest BCUT2D eigenvalue weighted by molar-refractivity contribution is 7.05. The SMILES string of the molecule is Cc1nnsc1C(N)Cc1cccc(Cl)c1F. The van der Waals surface area contributed by atoms with Crippen LogP contribution in [0.1, 0.15) is 22.2 Å². The molecule has 1 aromatic heterocycles. The molecule has 0 aliphatic carbocycles. The number of hydrogen-bond donors (Lipinski definition) is 1. The van der Waals surface area contributed by atoms with E-state index in [2.05, 4.69) is 9.59 Å². The Morgan fingerprint density at radius 2 is 2.29 bits per heavy atom. The number of rotatable bonds is 3. The van der Waals surface area contributed by atoms with Crippen molar-refractivity contribution in [3.63, 3.8) is 0 Å². The summed E-state index contributed by atoms with van der Waals surface area (Å²) >= 11 is 6.96. The third-order valence-corrected chi connectivity index (χ3v) is 3.74. The first-order valence-corrected chi connectivity index (χ1v) is 6.22. The molecule has 0 saturated heterocycles. The maximum atomic E-state index is 13.7. The average molecular weight is 272 g/mol. The van der Waals surface area contributed by atoms with E-state index < -0.39 is 5.82 Å². The second-order valence-electron chi connectivity index (χ2n) is 3.75. The second-order valence-corrected chi connectivity index (χ2v) is 4.94. The summed E-state index contributed by atoms with van der Waals surface area (Å²) in [7, 11) is 0. The van der Waals surface area contributed by atoms with Gasteiger partial charge in [0.05, 0.1) is 15.6 Å². The first-order valence-electron chi connectivity index (χ1n) is 5.07. The molecule has 0 aliphatic rings. The molecule has 1 unspecified atom stereocenters. The Morgan fingerprint density at radius 1 is 1.53 bits per heavy atom. The Kier molecular flexibility index (Phi) is 3.71. The monoisotopic (exact) mass is 271 g/mol. The van der Waals surface area contributed by atoms with Gasteiger partial charge >= 0.3 is 0 Å². The third kappa shape index (κ3) is 2.62. The summed E-state index contributed by atoms with van der Waals surface area (Å²) in [5, 5.41) is 4.01. The van der Waals surface area contributed by atoms with Crippen LogP contribution >= 0.6 is 23.1 Å². The lowest BCUT2D eigenvalue weighted by Crippen LogP contribution is -2.14. The summed E-state index contributed by atoms with van der Waals surface area (Å²) in [5.41, 5.74) is 7.32. The van der Waals surface area contributed by atoms with Crippen molar-refractivity contribution in [2.24, 2.45) is 5.73 Å². The molecule has 0 bridgehead atoms. The topological polar surface area (TPSA) is 51.8 Å². The summed E-state index contributed by atoms with van der Waals surface area (Å²) in [6, 6.07) is 4.62. The minimum absolute atomic E-state index is 0.119. The molecule has 0 spiro atoms. The van der Waals surface area contributed by atoms with Crippen LogP contribution in [0.25, 0.3) is 0 Å². The molecule has 0 radical (unpaired) electrons. The molecule has 3 nitrogen and oxygen atoms in total. The van der Waals surface area contributed by atoms with Crippen LogP contribution in [0, 0.1) is 12.7 Å². The van der Waals surface area contributed by atoms with Crippen LogP contribution in [-0.2, 0) is 6.42 Å². The predicted octanol–water partition coefficient (Wildman–Crippen LogP) is 2.88. The van der Waals surface area contributed by atoms with Gasteiger partial charge in [0, 0.05) is 6.04 Å². The molecule has 2 N–H and O–H groups in total. The minimum atomic E-state index is -0.403. The van der Waals surface area contributed by atoms with Gasteiger partial charge in [0.25, 0.3) is 0 Å². The van der Waals surface area contributed by atoms with Crippen molar-refractivity contribution in [2.75, 3.05) is 0 Å². The maximum absolute atomic E-state index is 13.7. The molecule has 1 heterocycles. The maximum Gasteiger partial charge on any atom is 0.145 e. The van der Waals surface area contributed by atoms with Gasteiger partial charge in [0.15, 0.2) is 0 Å². The van der Waals surface area contributed by atoms with Gasteiger partial charge < -0.3 is 5.73 Å². The Labute approximate surface area is 108 Å². The highest BCUT2D eigenvalue weighted by Crippen LogP contribution is 2.25. The highest BCUT2D eigenvalue weighted by Gasteiger charge is 2.16. The smallest absolute Gasteiger partial charge is 0.145 e. The number of halogens is 2. The number of nitrogens with two attached hydrogens (primary N) is 1. The predicted molar refractivity (Wildman–Crippen MR) is 66.7 cm³/mol. The fourth-order valence-corrected chi connectivity index (χ4v) is 2.45. The Balaban J connectivity index is 2.22. The van der Waals surface area contributed by atoms with Crippen molar-refractivity contribution >= 4 is 23.1 Å². The van der Waals surface area contributed by atoms with Crippen LogP contribution in [0.15, 0.2) is 18.2 Å². The lowest BCUT2D eigenvalue weighted by atomic mass is 10.0. The van der Waals surface area contributed by atoms with Crippen molar-refractivity contribution in [1.82, 2.24) is 9.59 Å². The van der Waals surface area contributed by atoms with E-state index >= 15 is 0 Å². The van der Waals surface area contributed by atoms with Crippen molar-refractivity contribution in [3.05, 3.63) is 45.2 Å². The molecule has 17 heavy (non-hydrogen) atoms. The molecule has 1 atom stereocenters. The second kappa shape index (κ2) is 5.08. The first kappa shape index (κ1) is 12.4. The third-order valence-electron chi connectivity index (χ3n) is 2.49. The van der Waals surface area contributed by atoms with E-state index in [1.165, 1.54) is 17.6 Å². The lowest BCUT2D eigenvalue weighted by molar-refractivity contribution is 0.595. The van der Waals surface area contributed by atoms with Crippen molar-refractivity contribution in [3.8, 4) is 0 Å². The van der Waals surface area contributed by atoms with E-state index in [0.29, 0.717) is 12.0 Å². The van der Waals surface area contributed by atoms with Crippen LogP contribution in [-0.4, -0.2) is 9.59 Å². The van der Waals surface area contributed by atoms with Crippen LogP contribution < -0.4 is 5.73 Å². The zero-order valence-corrected chi connectivity index (χ0v) is 10.7. The fourth-order valence-electron chi connectivity index (χ4n) is 1.61. The normalized spacial score (nSPS) is 12.7. The lowest BCUT2D eigenvalue weighted by Gasteiger charge is -2.10. The fraction of sp³-hybridized carbons (Fsp3) is 0.273. The highest BCUT2D eigenvalue weighted by atomic mass is 35.5. The van der Waals surface area contributed by atoms with Crippen molar-refractivity contribution < 1.29 is 4.39 Å². The van der Waals surface area contributed by atoms with E-state index in [9.17, 15) is 4.39 Å². The van der Waals surface area contributed by atoms with E-state index in [4.69, 9.17) is 17.3 Å². The zero-order valence-electron chi connectivity index (χ0n) is 9.15. The quantitative estimate of drug-likeness (QED) is 0.934. The Morgan fingerprint density at radius 3 is 2.94 bits per heavy atom. The first-order chi connectivity index (χ1) is 8.09. The van der Waals surface area contributed by atoms with Crippen LogP contribution in [0.4, 0.5) is 4.39 Å². The van der Waals surface area contributed by atoms with Crippen LogP contribution in [0.2, 0.25) is 5.02 Å². The van der Waals surface area contributed by atoms with Crippen molar-refractivity contribution in [2.45, 2.75) is 19.4 Å². The summed E-state index contributed by atoms with van der Waals surface area (Å²) in [5.74, 6) is -0.403. The Bertz CT molecular complexity index is 529. The summed E-state index contributed by atoms with van der Waals surface area (Å²) in [6.45, 7) is 1.84. The van der Waals surface area contributed by atoms with E-state index in [0.717, 1.165) is 10.6 Å². The molecule has 2 rings (SSSR count). The average Bonchev–Trinajstić information content (AvgIpc) is 2.71. The van der Waals surface area contributed by atoms with Gasteiger partial charge in [-0.1, -0.05) is 28.2 Å². The van der Waals surface area contributed by atoms with Gasteiger partial charge in [-0.25, -0.2) is 4.39 Å². The molecule has 0 fully saturated rings. The molecular weight excluding hydrogens is 261 g/mol. The molecule has 6 heteroatoms. The van der Waals surface area contributed by atoms with Gasteiger partial charge in [0.2, 0.25) is 0 Å². The summed E-state index contributed by atoms with van der Waals surface area (Å²) < 4.78 is 17.5. The zero-order chi connectivity index (χ0) is 12.4. The van der Waals surface area contributed by atoms with E-state index in [-0.39, 0.29) is 11.1 Å². The van der Waals surface area contributed by atoms with Crippen molar-refractivity contribution in [1.29, 1.82) is 0 Å². The molecule has 90 valence electrons.